The third-order valence-corrected chi connectivity index (χ3v) is 7.19. The van der Waals surface area contributed by atoms with Crippen molar-refractivity contribution in [2.75, 3.05) is 11.5 Å². The van der Waals surface area contributed by atoms with E-state index < -0.39 is 35.8 Å². The predicted molar refractivity (Wildman–Crippen MR) is 120 cm³/mol. The number of carbonyl (C=O) groups is 4. The highest BCUT2D eigenvalue weighted by Gasteiger charge is 2.21. The summed E-state index contributed by atoms with van der Waals surface area (Å²) in [6.07, 6.45) is 3.86. The van der Waals surface area contributed by atoms with E-state index in [1.165, 1.54) is 11.3 Å². The lowest BCUT2D eigenvalue weighted by Crippen LogP contribution is -2.41. The summed E-state index contributed by atoms with van der Waals surface area (Å²) in [5, 5.41) is 31.2. The second-order valence-corrected chi connectivity index (χ2v) is 10.0. The lowest BCUT2D eigenvalue weighted by Gasteiger charge is -2.13. The molecule has 0 fully saturated rings. The molecule has 2 atom stereocenters. The zero-order chi connectivity index (χ0) is 23.2. The summed E-state index contributed by atoms with van der Waals surface area (Å²) in [6, 6.07) is -1.81. The van der Waals surface area contributed by atoms with Crippen molar-refractivity contribution >= 4 is 58.6 Å². The standard InChI is InChI=1S/C18H28N4O6S3/c1-3-5-7-11(15(25)26)19-13(23)9-29-17-21-22-18(31-17)30-10-14(24)20-12(16(27)28)8-6-4-2/h11-12H,3-10H2,1-2H3,(H,19,23)(H,20,24)(H,25,26)(H,27,28). The number of thioether (sulfide) groups is 2. The van der Waals surface area contributed by atoms with Gasteiger partial charge in [-0.25, -0.2) is 9.59 Å². The van der Waals surface area contributed by atoms with E-state index >= 15 is 0 Å². The van der Waals surface area contributed by atoms with Crippen LogP contribution in [0.15, 0.2) is 8.68 Å². The van der Waals surface area contributed by atoms with Gasteiger partial charge in [0.25, 0.3) is 0 Å². The van der Waals surface area contributed by atoms with Crippen LogP contribution in [-0.4, -0.2) is 67.8 Å². The number of amides is 2. The van der Waals surface area contributed by atoms with E-state index in [1.54, 1.807) is 0 Å². The minimum atomic E-state index is -1.06. The van der Waals surface area contributed by atoms with Crippen molar-refractivity contribution in [3.8, 4) is 0 Å². The first-order valence-electron chi connectivity index (χ1n) is 9.90. The van der Waals surface area contributed by atoms with Gasteiger partial charge in [-0.3, -0.25) is 9.59 Å². The summed E-state index contributed by atoms with van der Waals surface area (Å²) < 4.78 is 1.04. The second kappa shape index (κ2) is 15.0. The molecule has 1 rings (SSSR count). The molecule has 0 bridgehead atoms. The zero-order valence-electron chi connectivity index (χ0n) is 17.5. The molecule has 0 aliphatic rings. The number of aromatic nitrogens is 2. The van der Waals surface area contributed by atoms with Crippen molar-refractivity contribution in [3.05, 3.63) is 0 Å². The first kappa shape index (κ1) is 27.2. The number of carboxylic acids is 2. The molecule has 0 saturated heterocycles. The summed E-state index contributed by atoms with van der Waals surface area (Å²) >= 11 is 3.47. The summed E-state index contributed by atoms with van der Waals surface area (Å²) in [4.78, 5) is 46.4. The molecule has 0 aliphatic heterocycles. The lowest BCUT2D eigenvalue weighted by molar-refractivity contribution is -0.142. The summed E-state index contributed by atoms with van der Waals surface area (Å²) in [5.74, 6) is -2.90. The number of aliphatic carboxylic acids is 2. The summed E-state index contributed by atoms with van der Waals surface area (Å²) in [7, 11) is 0. The Kier molecular flexibility index (Phi) is 13.2. The van der Waals surface area contributed by atoms with Gasteiger partial charge in [-0.05, 0) is 12.8 Å². The number of unbranched alkanes of at least 4 members (excludes halogenated alkanes) is 2. The van der Waals surface area contributed by atoms with Crippen LogP contribution in [0.4, 0.5) is 0 Å². The zero-order valence-corrected chi connectivity index (χ0v) is 19.9. The van der Waals surface area contributed by atoms with Crippen LogP contribution in [0.3, 0.4) is 0 Å². The van der Waals surface area contributed by atoms with E-state index in [-0.39, 0.29) is 11.5 Å². The topological polar surface area (TPSA) is 159 Å². The highest BCUT2D eigenvalue weighted by atomic mass is 32.2. The molecular weight excluding hydrogens is 464 g/mol. The fourth-order valence-corrected chi connectivity index (χ4v) is 5.01. The number of hydrogen-bond donors (Lipinski definition) is 4. The van der Waals surface area contributed by atoms with Gasteiger partial charge in [0, 0.05) is 0 Å². The molecule has 4 N–H and O–H groups in total. The monoisotopic (exact) mass is 492 g/mol. The minimum Gasteiger partial charge on any atom is -0.480 e. The molecule has 1 aromatic heterocycles. The van der Waals surface area contributed by atoms with E-state index in [0.717, 1.165) is 36.4 Å². The van der Waals surface area contributed by atoms with Crippen LogP contribution < -0.4 is 10.6 Å². The normalized spacial score (nSPS) is 12.7. The second-order valence-electron chi connectivity index (χ2n) is 6.61. The van der Waals surface area contributed by atoms with Gasteiger partial charge >= 0.3 is 11.9 Å². The Morgan fingerprint density at radius 3 is 1.55 bits per heavy atom. The van der Waals surface area contributed by atoms with E-state index in [1.807, 2.05) is 13.8 Å². The van der Waals surface area contributed by atoms with Crippen LogP contribution in [0.5, 0.6) is 0 Å². The van der Waals surface area contributed by atoms with Crippen molar-refractivity contribution in [2.45, 2.75) is 73.1 Å². The van der Waals surface area contributed by atoms with Crippen molar-refractivity contribution in [3.63, 3.8) is 0 Å². The Bertz CT molecular complexity index is 687. The Labute approximate surface area is 193 Å². The van der Waals surface area contributed by atoms with Crippen LogP contribution in [0.25, 0.3) is 0 Å². The van der Waals surface area contributed by atoms with Gasteiger partial charge in [-0.2, -0.15) is 0 Å². The molecule has 13 heteroatoms. The fraction of sp³-hybridized carbons (Fsp3) is 0.667. The van der Waals surface area contributed by atoms with Crippen molar-refractivity contribution < 1.29 is 29.4 Å². The Morgan fingerprint density at radius 2 is 1.23 bits per heavy atom. The van der Waals surface area contributed by atoms with Crippen molar-refractivity contribution in [2.24, 2.45) is 0 Å². The van der Waals surface area contributed by atoms with Gasteiger partial charge in [0.2, 0.25) is 11.8 Å². The fourth-order valence-electron chi connectivity index (χ4n) is 2.37. The number of nitrogens with one attached hydrogen (secondary N) is 2. The third kappa shape index (κ3) is 11.4. The SMILES string of the molecule is CCCCC(NC(=O)CSc1nnc(SCC(=O)NC(CCCC)C(=O)O)s1)C(=O)O. The molecule has 0 aliphatic carbocycles. The maximum absolute atomic E-state index is 12.0. The number of hydrogen-bond acceptors (Lipinski definition) is 9. The first-order chi connectivity index (χ1) is 14.8. The molecule has 0 aromatic carbocycles. The van der Waals surface area contributed by atoms with Crippen LogP contribution in [0.2, 0.25) is 0 Å². The molecular formula is C18H28N4O6S3. The number of rotatable bonds is 16. The van der Waals surface area contributed by atoms with Crippen LogP contribution in [-0.2, 0) is 19.2 Å². The smallest absolute Gasteiger partial charge is 0.326 e. The molecule has 10 nitrogen and oxygen atoms in total. The molecule has 31 heavy (non-hydrogen) atoms. The molecule has 1 heterocycles. The highest BCUT2D eigenvalue weighted by molar-refractivity contribution is 8.03. The van der Waals surface area contributed by atoms with Crippen LogP contribution in [0.1, 0.15) is 52.4 Å². The minimum absolute atomic E-state index is 0.00735. The molecule has 1 aromatic rings. The Balaban J connectivity index is 2.42. The Hall–Kier alpha value is -1.86. The van der Waals surface area contributed by atoms with Crippen molar-refractivity contribution in [1.29, 1.82) is 0 Å². The molecule has 0 radical (unpaired) electrons. The summed E-state index contributed by atoms with van der Waals surface area (Å²) in [6.45, 7) is 3.89. The maximum atomic E-state index is 12.0. The van der Waals surface area contributed by atoms with E-state index in [9.17, 15) is 19.2 Å². The van der Waals surface area contributed by atoms with E-state index in [0.29, 0.717) is 34.4 Å². The van der Waals surface area contributed by atoms with Gasteiger partial charge < -0.3 is 20.8 Å². The average Bonchev–Trinajstić information content (AvgIpc) is 3.18. The van der Waals surface area contributed by atoms with Crippen LogP contribution >= 0.6 is 34.9 Å². The molecule has 0 spiro atoms. The predicted octanol–water partition coefficient (Wildman–Crippen LogP) is 2.24. The van der Waals surface area contributed by atoms with E-state index in [2.05, 4.69) is 20.8 Å². The van der Waals surface area contributed by atoms with Gasteiger partial charge in [0.1, 0.15) is 12.1 Å². The molecule has 2 amide bonds. The van der Waals surface area contributed by atoms with Gasteiger partial charge in [-0.1, -0.05) is 74.4 Å². The van der Waals surface area contributed by atoms with Crippen molar-refractivity contribution in [1.82, 2.24) is 20.8 Å². The number of nitrogens with zero attached hydrogens (tertiary/aromatic N) is 2. The highest BCUT2D eigenvalue weighted by Crippen LogP contribution is 2.28. The lowest BCUT2D eigenvalue weighted by atomic mass is 10.1. The largest absolute Gasteiger partial charge is 0.480 e. The quantitative estimate of drug-likeness (QED) is 0.252. The van der Waals surface area contributed by atoms with Gasteiger partial charge in [0.15, 0.2) is 8.68 Å². The Morgan fingerprint density at radius 1 is 0.839 bits per heavy atom. The molecule has 2 unspecified atom stereocenters. The maximum Gasteiger partial charge on any atom is 0.326 e. The number of carboxylic acid groups (broad SMARTS) is 2. The first-order valence-corrected chi connectivity index (χ1v) is 12.7. The van der Waals surface area contributed by atoms with Gasteiger partial charge in [0.05, 0.1) is 11.5 Å². The molecule has 0 saturated carbocycles. The van der Waals surface area contributed by atoms with Gasteiger partial charge in [-0.15, -0.1) is 10.2 Å². The summed E-state index contributed by atoms with van der Waals surface area (Å²) in [5.41, 5.74) is 0. The number of carbonyl (C=O) groups excluding carboxylic acids is 2. The van der Waals surface area contributed by atoms with Crippen LogP contribution in [0, 0.1) is 0 Å². The average molecular weight is 493 g/mol. The third-order valence-electron chi connectivity index (χ3n) is 4.00. The van der Waals surface area contributed by atoms with E-state index in [4.69, 9.17) is 10.2 Å². The molecule has 174 valence electrons.